The highest BCUT2D eigenvalue weighted by molar-refractivity contribution is 7.80. The molecule has 3 aromatic rings. The van der Waals surface area contributed by atoms with Crippen LogP contribution in [0.3, 0.4) is 0 Å². The topological polar surface area (TPSA) is 84.2 Å². The molecule has 8 heteroatoms. The maximum Gasteiger partial charge on any atom is 0.258 e. The van der Waals surface area contributed by atoms with Gasteiger partial charge in [-0.25, -0.2) is 0 Å². The molecule has 0 bridgehead atoms. The summed E-state index contributed by atoms with van der Waals surface area (Å²) < 4.78 is 0. The van der Waals surface area contributed by atoms with Crippen molar-refractivity contribution in [3.05, 3.63) is 63.0 Å². The molecular weight excluding hydrogens is 474 g/mol. The molecule has 1 atom stereocenters. The largest absolute Gasteiger partial charge is 0.365 e. The van der Waals surface area contributed by atoms with Gasteiger partial charge in [0.2, 0.25) is 0 Å². The second-order valence-corrected chi connectivity index (χ2v) is 11.3. The van der Waals surface area contributed by atoms with Gasteiger partial charge in [0.25, 0.3) is 11.8 Å². The van der Waals surface area contributed by atoms with E-state index in [9.17, 15) is 9.59 Å². The number of thiophene rings is 1. The number of rotatable bonds is 3. The van der Waals surface area contributed by atoms with Crippen LogP contribution < -0.4 is 16.4 Å². The number of nitrogens with one attached hydrogen (secondary N) is 2. The average Bonchev–Trinajstić information content (AvgIpc) is 3.10. The van der Waals surface area contributed by atoms with E-state index in [0.717, 1.165) is 40.5 Å². The molecule has 0 spiro atoms. The first-order valence-electron chi connectivity index (χ1n) is 10.8. The first-order chi connectivity index (χ1) is 15.6. The van der Waals surface area contributed by atoms with Gasteiger partial charge in [0.05, 0.1) is 5.56 Å². The number of primary amides is 1. The summed E-state index contributed by atoms with van der Waals surface area (Å²) in [6, 6.07) is 10.8. The molecule has 0 saturated heterocycles. The monoisotopic (exact) mass is 499 g/mol. The zero-order valence-corrected chi connectivity index (χ0v) is 21.1. The van der Waals surface area contributed by atoms with Crippen molar-refractivity contribution in [1.82, 2.24) is 5.32 Å². The third kappa shape index (κ3) is 4.76. The van der Waals surface area contributed by atoms with Crippen LogP contribution in [0.1, 0.15) is 58.3 Å². The standard InChI is InChI=1S/C25H26ClN3O2S2/c1-25(2,3)13-10-11-17-19(12-13)33-23(20(17)21(27)30)29-24(32)28-22(31)16-8-4-7-15-14(16)6-5-9-18(15)26/h4-9,13H,10-12H2,1-3H3,(H2,27,30)(H2,28,29,31,32)/t13-/m1/s1. The van der Waals surface area contributed by atoms with E-state index in [-0.39, 0.29) is 16.4 Å². The third-order valence-corrected chi connectivity index (χ3v) is 8.01. The quantitative estimate of drug-likeness (QED) is 0.390. The summed E-state index contributed by atoms with van der Waals surface area (Å²) in [6.45, 7) is 6.74. The molecule has 0 aliphatic heterocycles. The maximum absolute atomic E-state index is 13.0. The number of thiocarbonyl (C=S) groups is 1. The summed E-state index contributed by atoms with van der Waals surface area (Å²) in [7, 11) is 0. The summed E-state index contributed by atoms with van der Waals surface area (Å²) in [6.07, 6.45) is 2.72. The molecule has 1 aromatic heterocycles. The first kappa shape index (κ1) is 23.7. The number of carbonyl (C=O) groups is 2. The zero-order chi connectivity index (χ0) is 23.9. The maximum atomic E-state index is 13.0. The van der Waals surface area contributed by atoms with Crippen LogP contribution in [0.25, 0.3) is 10.8 Å². The molecule has 0 unspecified atom stereocenters. The van der Waals surface area contributed by atoms with Crippen molar-refractivity contribution in [3.63, 3.8) is 0 Å². The molecule has 5 nitrogen and oxygen atoms in total. The van der Waals surface area contributed by atoms with E-state index in [4.69, 9.17) is 29.6 Å². The molecule has 4 N–H and O–H groups in total. The Hall–Kier alpha value is -2.48. The molecule has 33 heavy (non-hydrogen) atoms. The fourth-order valence-corrected chi connectivity index (χ4v) is 6.28. The fourth-order valence-electron chi connectivity index (χ4n) is 4.45. The van der Waals surface area contributed by atoms with Gasteiger partial charge in [-0.3, -0.25) is 14.9 Å². The Morgan fingerprint density at radius 1 is 1.15 bits per heavy atom. The number of hydrogen-bond donors (Lipinski definition) is 3. The van der Waals surface area contributed by atoms with Crippen molar-refractivity contribution in [2.45, 2.75) is 40.0 Å². The number of fused-ring (bicyclic) bond motifs is 2. The Kier molecular flexibility index (Phi) is 6.49. The Labute approximate surface area is 207 Å². The van der Waals surface area contributed by atoms with E-state index in [1.165, 1.54) is 11.3 Å². The second-order valence-electron chi connectivity index (χ2n) is 9.43. The summed E-state index contributed by atoms with van der Waals surface area (Å²) >= 11 is 13.2. The Morgan fingerprint density at radius 2 is 1.85 bits per heavy atom. The molecule has 172 valence electrons. The first-order valence-corrected chi connectivity index (χ1v) is 12.4. The Bertz CT molecular complexity index is 1280. The summed E-state index contributed by atoms with van der Waals surface area (Å²) in [4.78, 5) is 26.4. The number of amides is 2. The molecule has 0 saturated carbocycles. The predicted molar refractivity (Wildman–Crippen MR) is 140 cm³/mol. The van der Waals surface area contributed by atoms with Crippen molar-refractivity contribution in [1.29, 1.82) is 0 Å². The minimum Gasteiger partial charge on any atom is -0.365 e. The van der Waals surface area contributed by atoms with E-state index in [1.54, 1.807) is 24.3 Å². The van der Waals surface area contributed by atoms with Crippen molar-refractivity contribution in [2.24, 2.45) is 17.1 Å². The van der Waals surface area contributed by atoms with Gasteiger partial charge in [-0.15, -0.1) is 11.3 Å². The molecule has 0 fully saturated rings. The predicted octanol–water partition coefficient (Wildman–Crippen LogP) is 5.93. The molecule has 2 amide bonds. The van der Waals surface area contributed by atoms with E-state index in [2.05, 4.69) is 31.4 Å². The lowest BCUT2D eigenvalue weighted by Gasteiger charge is -2.33. The average molecular weight is 500 g/mol. The number of carbonyl (C=O) groups excluding carboxylic acids is 2. The van der Waals surface area contributed by atoms with Crippen molar-refractivity contribution >= 4 is 67.9 Å². The molecule has 1 aliphatic rings. The number of hydrogen-bond acceptors (Lipinski definition) is 4. The van der Waals surface area contributed by atoms with Crippen LogP contribution in [0, 0.1) is 11.3 Å². The minimum absolute atomic E-state index is 0.118. The van der Waals surface area contributed by atoms with Crippen LogP contribution in [-0.4, -0.2) is 16.9 Å². The smallest absolute Gasteiger partial charge is 0.258 e. The van der Waals surface area contributed by atoms with Gasteiger partial charge in [-0.2, -0.15) is 0 Å². The highest BCUT2D eigenvalue weighted by Crippen LogP contribution is 2.44. The number of anilines is 1. The van der Waals surface area contributed by atoms with Gasteiger partial charge in [0.15, 0.2) is 5.11 Å². The normalized spacial score (nSPS) is 15.7. The number of nitrogens with two attached hydrogens (primary N) is 1. The molecule has 1 heterocycles. The summed E-state index contributed by atoms with van der Waals surface area (Å²) in [5.41, 5.74) is 7.88. The van der Waals surface area contributed by atoms with Crippen molar-refractivity contribution in [2.75, 3.05) is 5.32 Å². The lowest BCUT2D eigenvalue weighted by molar-refractivity contribution is 0.0977. The van der Waals surface area contributed by atoms with Crippen LogP contribution >= 0.6 is 35.2 Å². The van der Waals surface area contributed by atoms with Crippen molar-refractivity contribution < 1.29 is 9.59 Å². The highest BCUT2D eigenvalue weighted by Gasteiger charge is 2.33. The second kappa shape index (κ2) is 9.05. The van der Waals surface area contributed by atoms with Gasteiger partial charge in [-0.1, -0.05) is 56.6 Å². The molecule has 2 aromatic carbocycles. The molecular formula is C25H26ClN3O2S2. The van der Waals surface area contributed by atoms with Crippen LogP contribution in [0.2, 0.25) is 5.02 Å². The molecule has 4 rings (SSSR count). The molecule has 1 aliphatic carbocycles. The van der Waals surface area contributed by atoms with Gasteiger partial charge in [0, 0.05) is 20.8 Å². The fraction of sp³-hybridized carbons (Fsp3) is 0.320. The van der Waals surface area contributed by atoms with E-state index < -0.39 is 5.91 Å². The van der Waals surface area contributed by atoms with Crippen LogP contribution in [0.4, 0.5) is 5.00 Å². The summed E-state index contributed by atoms with van der Waals surface area (Å²) in [5.74, 6) is -0.306. The minimum atomic E-state index is -0.484. The van der Waals surface area contributed by atoms with Gasteiger partial charge in [-0.05, 0) is 65.9 Å². The summed E-state index contributed by atoms with van der Waals surface area (Å²) in [5, 5.41) is 8.60. The van der Waals surface area contributed by atoms with Gasteiger partial charge in [0.1, 0.15) is 5.00 Å². The Morgan fingerprint density at radius 3 is 2.55 bits per heavy atom. The van der Waals surface area contributed by atoms with Crippen LogP contribution in [0.15, 0.2) is 36.4 Å². The lowest BCUT2D eigenvalue weighted by Crippen LogP contribution is -2.34. The highest BCUT2D eigenvalue weighted by atomic mass is 35.5. The SMILES string of the molecule is CC(C)(C)[C@@H]1CCc2c(sc(NC(=S)NC(=O)c3cccc4c(Cl)cccc34)c2C(N)=O)C1. The van der Waals surface area contributed by atoms with E-state index in [1.807, 2.05) is 12.1 Å². The van der Waals surface area contributed by atoms with E-state index in [0.29, 0.717) is 27.1 Å². The van der Waals surface area contributed by atoms with E-state index >= 15 is 0 Å². The number of halogens is 1. The lowest BCUT2D eigenvalue weighted by atomic mass is 9.72. The molecule has 0 radical (unpaired) electrons. The number of benzene rings is 2. The van der Waals surface area contributed by atoms with Gasteiger partial charge < -0.3 is 11.1 Å². The zero-order valence-electron chi connectivity index (χ0n) is 18.8. The Balaban J connectivity index is 1.56. The van der Waals surface area contributed by atoms with Crippen molar-refractivity contribution in [3.8, 4) is 0 Å². The van der Waals surface area contributed by atoms with Crippen LogP contribution in [0.5, 0.6) is 0 Å². The van der Waals surface area contributed by atoms with Crippen LogP contribution in [-0.2, 0) is 12.8 Å². The third-order valence-electron chi connectivity index (χ3n) is 6.30. The van der Waals surface area contributed by atoms with Gasteiger partial charge >= 0.3 is 0 Å².